The Bertz CT molecular complexity index is 872. The predicted molar refractivity (Wildman–Crippen MR) is 89.8 cm³/mol. The van der Waals surface area contributed by atoms with Gasteiger partial charge in [-0.25, -0.2) is 4.79 Å². The van der Waals surface area contributed by atoms with Crippen LogP contribution in [0, 0.1) is 13.8 Å². The van der Waals surface area contributed by atoms with Gasteiger partial charge in [-0.2, -0.15) is 0 Å². The molecular weight excluding hydrogens is 328 g/mol. The lowest BCUT2D eigenvalue weighted by Crippen LogP contribution is -2.07. The largest absolute Gasteiger partial charge is 0.452 e. The number of aromatic nitrogens is 2. The summed E-state index contributed by atoms with van der Waals surface area (Å²) in [4.78, 5) is 12.1. The molecule has 6 heteroatoms. The molecule has 2 aromatic carbocycles. The Hall–Kier alpha value is -2.66. The quantitative estimate of drug-likeness (QED) is 0.659. The van der Waals surface area contributed by atoms with E-state index in [-0.39, 0.29) is 12.5 Å². The Morgan fingerprint density at radius 1 is 1.12 bits per heavy atom. The normalized spacial score (nSPS) is 10.6. The van der Waals surface area contributed by atoms with Gasteiger partial charge in [0.2, 0.25) is 5.89 Å². The number of nitrogens with zero attached hydrogens (tertiary/aromatic N) is 2. The smallest absolute Gasteiger partial charge is 0.338 e. The molecule has 1 aromatic heterocycles. The first-order valence-corrected chi connectivity index (χ1v) is 7.73. The van der Waals surface area contributed by atoms with Crippen molar-refractivity contribution in [1.82, 2.24) is 10.2 Å². The van der Waals surface area contributed by atoms with Gasteiger partial charge in [-0.1, -0.05) is 29.3 Å². The van der Waals surface area contributed by atoms with Crippen molar-refractivity contribution in [2.75, 3.05) is 0 Å². The average molecular weight is 343 g/mol. The molecule has 0 amide bonds. The SMILES string of the molecule is Cc1ccc(C(=O)OCc2nnc(-c3ccc(Cl)cc3)o2)c(C)c1. The third-order valence-electron chi connectivity index (χ3n) is 3.49. The summed E-state index contributed by atoms with van der Waals surface area (Å²) in [5.41, 5.74) is 3.23. The Kier molecular flexibility index (Phi) is 4.62. The van der Waals surface area contributed by atoms with Gasteiger partial charge in [0.1, 0.15) is 0 Å². The fraction of sp³-hybridized carbons (Fsp3) is 0.167. The molecule has 0 saturated carbocycles. The van der Waals surface area contributed by atoms with Gasteiger partial charge in [0, 0.05) is 10.6 Å². The Morgan fingerprint density at radius 3 is 2.58 bits per heavy atom. The Labute approximate surface area is 144 Å². The number of hydrogen-bond acceptors (Lipinski definition) is 5. The Morgan fingerprint density at radius 2 is 1.88 bits per heavy atom. The maximum Gasteiger partial charge on any atom is 0.338 e. The van der Waals surface area contributed by atoms with Crippen molar-refractivity contribution in [2.45, 2.75) is 20.5 Å². The van der Waals surface area contributed by atoms with Crippen molar-refractivity contribution in [3.05, 3.63) is 70.1 Å². The molecule has 0 unspecified atom stereocenters. The molecule has 0 aliphatic rings. The van der Waals surface area contributed by atoms with Crippen molar-refractivity contribution in [3.8, 4) is 11.5 Å². The molecule has 1 heterocycles. The molecule has 3 aromatic rings. The van der Waals surface area contributed by atoms with Gasteiger partial charge >= 0.3 is 5.97 Å². The van der Waals surface area contributed by atoms with E-state index in [1.165, 1.54) is 0 Å². The number of benzene rings is 2. The summed E-state index contributed by atoms with van der Waals surface area (Å²) >= 11 is 5.85. The summed E-state index contributed by atoms with van der Waals surface area (Å²) in [5, 5.41) is 8.46. The molecule has 0 atom stereocenters. The van der Waals surface area contributed by atoms with Crippen LogP contribution in [0.15, 0.2) is 46.9 Å². The topological polar surface area (TPSA) is 65.2 Å². The van der Waals surface area contributed by atoms with Crippen LogP contribution in [0.4, 0.5) is 0 Å². The van der Waals surface area contributed by atoms with E-state index in [1.54, 1.807) is 30.3 Å². The summed E-state index contributed by atoms with van der Waals surface area (Å²) in [6, 6.07) is 12.6. The van der Waals surface area contributed by atoms with Crippen LogP contribution in [0.1, 0.15) is 27.4 Å². The van der Waals surface area contributed by atoms with Crippen molar-refractivity contribution in [3.63, 3.8) is 0 Å². The second kappa shape index (κ2) is 6.84. The molecule has 0 bridgehead atoms. The maximum absolute atomic E-state index is 12.1. The summed E-state index contributed by atoms with van der Waals surface area (Å²) in [7, 11) is 0. The zero-order chi connectivity index (χ0) is 17.1. The monoisotopic (exact) mass is 342 g/mol. The van der Waals surface area contributed by atoms with Gasteiger partial charge in [0.25, 0.3) is 5.89 Å². The predicted octanol–water partition coefficient (Wildman–Crippen LogP) is 4.36. The second-order valence-corrected chi connectivity index (χ2v) is 5.84. The molecule has 5 nitrogen and oxygen atoms in total. The Balaban J connectivity index is 1.67. The molecule has 0 aliphatic heterocycles. The lowest BCUT2D eigenvalue weighted by Gasteiger charge is -2.06. The first-order chi connectivity index (χ1) is 11.5. The van der Waals surface area contributed by atoms with Crippen LogP contribution in [0.3, 0.4) is 0 Å². The number of esters is 1. The third kappa shape index (κ3) is 3.63. The van der Waals surface area contributed by atoms with E-state index in [9.17, 15) is 4.79 Å². The van der Waals surface area contributed by atoms with Crippen LogP contribution in [0.25, 0.3) is 11.5 Å². The van der Waals surface area contributed by atoms with Crippen LogP contribution >= 0.6 is 11.6 Å². The van der Waals surface area contributed by atoms with Crippen molar-refractivity contribution < 1.29 is 13.9 Å². The van der Waals surface area contributed by atoms with Gasteiger partial charge in [0.15, 0.2) is 6.61 Å². The molecule has 0 N–H and O–H groups in total. The number of carbonyl (C=O) groups is 1. The first kappa shape index (κ1) is 16.2. The molecular formula is C18H15ClN2O3. The van der Waals surface area contributed by atoms with E-state index in [0.717, 1.165) is 16.7 Å². The highest BCUT2D eigenvalue weighted by molar-refractivity contribution is 6.30. The summed E-state index contributed by atoms with van der Waals surface area (Å²) in [6.45, 7) is 3.76. The van der Waals surface area contributed by atoms with Gasteiger partial charge < -0.3 is 9.15 Å². The van der Waals surface area contributed by atoms with Crippen LogP contribution in [-0.4, -0.2) is 16.2 Å². The molecule has 0 fully saturated rings. The first-order valence-electron chi connectivity index (χ1n) is 7.35. The minimum Gasteiger partial charge on any atom is -0.452 e. The fourth-order valence-electron chi connectivity index (χ4n) is 2.27. The lowest BCUT2D eigenvalue weighted by molar-refractivity contribution is 0.0438. The van der Waals surface area contributed by atoms with E-state index in [0.29, 0.717) is 16.5 Å². The molecule has 0 spiro atoms. The van der Waals surface area contributed by atoms with E-state index >= 15 is 0 Å². The molecule has 0 radical (unpaired) electrons. The zero-order valence-corrected chi connectivity index (χ0v) is 14.0. The number of hydrogen-bond donors (Lipinski definition) is 0. The number of aryl methyl sites for hydroxylation is 2. The zero-order valence-electron chi connectivity index (χ0n) is 13.2. The van der Waals surface area contributed by atoms with Gasteiger partial charge in [-0.05, 0) is 49.7 Å². The average Bonchev–Trinajstić information content (AvgIpc) is 3.02. The fourth-order valence-corrected chi connectivity index (χ4v) is 2.39. The molecule has 3 rings (SSSR count). The van der Waals surface area contributed by atoms with Crippen LogP contribution in [0.5, 0.6) is 0 Å². The third-order valence-corrected chi connectivity index (χ3v) is 3.74. The van der Waals surface area contributed by atoms with Gasteiger partial charge in [-0.15, -0.1) is 10.2 Å². The van der Waals surface area contributed by atoms with Crippen molar-refractivity contribution in [2.24, 2.45) is 0 Å². The number of rotatable bonds is 4. The van der Waals surface area contributed by atoms with E-state index in [4.69, 9.17) is 20.8 Å². The maximum atomic E-state index is 12.1. The second-order valence-electron chi connectivity index (χ2n) is 5.40. The molecule has 0 saturated heterocycles. The van der Waals surface area contributed by atoms with Crippen LogP contribution in [0.2, 0.25) is 5.02 Å². The highest BCUT2D eigenvalue weighted by Gasteiger charge is 2.14. The van der Waals surface area contributed by atoms with Gasteiger partial charge in [0.05, 0.1) is 5.56 Å². The van der Waals surface area contributed by atoms with Crippen molar-refractivity contribution in [1.29, 1.82) is 0 Å². The lowest BCUT2D eigenvalue weighted by atomic mass is 10.1. The summed E-state index contributed by atoms with van der Waals surface area (Å²) in [5.74, 6) is 0.168. The molecule has 0 aliphatic carbocycles. The highest BCUT2D eigenvalue weighted by Crippen LogP contribution is 2.20. The highest BCUT2D eigenvalue weighted by atomic mass is 35.5. The molecule has 24 heavy (non-hydrogen) atoms. The standard InChI is InChI=1S/C18H15ClN2O3/c1-11-3-8-15(12(2)9-11)18(22)23-10-16-20-21-17(24-16)13-4-6-14(19)7-5-13/h3-9H,10H2,1-2H3. The minimum atomic E-state index is -0.418. The van der Waals surface area contributed by atoms with E-state index in [2.05, 4.69) is 10.2 Å². The number of ether oxygens (including phenoxy) is 1. The van der Waals surface area contributed by atoms with Crippen molar-refractivity contribution >= 4 is 17.6 Å². The molecule has 122 valence electrons. The van der Waals surface area contributed by atoms with Gasteiger partial charge in [-0.3, -0.25) is 0 Å². The number of halogens is 1. The van der Waals surface area contributed by atoms with E-state index in [1.807, 2.05) is 26.0 Å². The van der Waals surface area contributed by atoms with E-state index < -0.39 is 5.97 Å². The minimum absolute atomic E-state index is 0.0766. The van der Waals surface area contributed by atoms with Crippen LogP contribution in [-0.2, 0) is 11.3 Å². The van der Waals surface area contributed by atoms with Crippen LogP contribution < -0.4 is 0 Å². The summed E-state index contributed by atoms with van der Waals surface area (Å²) in [6.07, 6.45) is 0. The summed E-state index contributed by atoms with van der Waals surface area (Å²) < 4.78 is 10.7. The number of carbonyl (C=O) groups excluding carboxylic acids is 1.